The number of rotatable bonds is 6. The van der Waals surface area contributed by atoms with Crippen molar-refractivity contribution in [3.8, 4) is 11.3 Å². The molecule has 1 fully saturated rings. The third-order valence-electron chi connectivity index (χ3n) is 4.86. The predicted octanol–water partition coefficient (Wildman–Crippen LogP) is 3.24. The number of carbonyl (C=O) groups is 1. The van der Waals surface area contributed by atoms with Crippen LogP contribution in [0.3, 0.4) is 0 Å². The van der Waals surface area contributed by atoms with Crippen molar-refractivity contribution in [2.75, 3.05) is 19.6 Å². The van der Waals surface area contributed by atoms with Crippen LogP contribution in [0, 0.1) is 0 Å². The molecule has 26 heavy (non-hydrogen) atoms. The van der Waals surface area contributed by atoms with Gasteiger partial charge in [0, 0.05) is 12.1 Å². The predicted molar refractivity (Wildman–Crippen MR) is 98.6 cm³/mol. The Bertz CT molecular complexity index is 836. The molecule has 1 amide bonds. The molecule has 0 radical (unpaired) electrons. The Morgan fingerprint density at radius 3 is 2.73 bits per heavy atom. The maximum Gasteiger partial charge on any atom is 0.255 e. The smallest absolute Gasteiger partial charge is 0.255 e. The van der Waals surface area contributed by atoms with Crippen LogP contribution in [-0.4, -0.2) is 40.6 Å². The van der Waals surface area contributed by atoms with Gasteiger partial charge in [0.15, 0.2) is 0 Å². The summed E-state index contributed by atoms with van der Waals surface area (Å²) < 4.78 is 5.61. The zero-order valence-electron chi connectivity index (χ0n) is 14.5. The Hall–Kier alpha value is -2.86. The standard InChI is InChI=1S/C20H22N4O2/c25-20(16-13-22-23-19(16)15-7-2-1-3-8-15)21-14-17(18-9-6-12-26-18)24-10-4-5-11-24/h1-3,6-9,12-13,17H,4-5,10-11,14H2,(H,21,25)(H,22,23)/t17-/m1/s1. The second kappa shape index (κ2) is 7.58. The van der Waals surface area contributed by atoms with Gasteiger partial charge in [-0.15, -0.1) is 0 Å². The van der Waals surface area contributed by atoms with Crippen LogP contribution in [0.2, 0.25) is 0 Å². The molecule has 0 bridgehead atoms. The van der Waals surface area contributed by atoms with Gasteiger partial charge in [-0.3, -0.25) is 14.8 Å². The minimum Gasteiger partial charge on any atom is -0.468 e. The molecule has 0 saturated carbocycles. The van der Waals surface area contributed by atoms with E-state index in [4.69, 9.17) is 4.42 Å². The van der Waals surface area contributed by atoms with Gasteiger partial charge in [-0.05, 0) is 38.1 Å². The number of carbonyl (C=O) groups excluding carboxylic acids is 1. The van der Waals surface area contributed by atoms with E-state index < -0.39 is 0 Å². The molecule has 1 aliphatic heterocycles. The first-order valence-corrected chi connectivity index (χ1v) is 8.97. The van der Waals surface area contributed by atoms with Crippen LogP contribution in [0.25, 0.3) is 11.3 Å². The molecule has 0 spiro atoms. The van der Waals surface area contributed by atoms with Gasteiger partial charge in [0.1, 0.15) is 5.76 Å². The van der Waals surface area contributed by atoms with Crippen molar-refractivity contribution < 1.29 is 9.21 Å². The molecule has 1 aromatic carbocycles. The zero-order valence-corrected chi connectivity index (χ0v) is 14.5. The fourth-order valence-corrected chi connectivity index (χ4v) is 3.51. The largest absolute Gasteiger partial charge is 0.468 e. The fourth-order valence-electron chi connectivity index (χ4n) is 3.51. The number of hydrogen-bond donors (Lipinski definition) is 2. The normalized spacial score (nSPS) is 15.8. The summed E-state index contributed by atoms with van der Waals surface area (Å²) in [4.78, 5) is 15.1. The molecule has 134 valence electrons. The van der Waals surface area contributed by atoms with Crippen LogP contribution in [-0.2, 0) is 0 Å². The number of H-pyrrole nitrogens is 1. The molecule has 3 aromatic rings. The molecule has 6 heteroatoms. The highest BCUT2D eigenvalue weighted by molar-refractivity contribution is 5.99. The maximum atomic E-state index is 12.8. The average molecular weight is 350 g/mol. The van der Waals surface area contributed by atoms with Gasteiger partial charge in [0.05, 0.1) is 29.8 Å². The van der Waals surface area contributed by atoms with E-state index in [1.807, 2.05) is 42.5 Å². The summed E-state index contributed by atoms with van der Waals surface area (Å²) in [6.45, 7) is 2.57. The molecule has 6 nitrogen and oxygen atoms in total. The summed E-state index contributed by atoms with van der Waals surface area (Å²) in [6.07, 6.45) is 5.63. The van der Waals surface area contributed by atoms with Crippen LogP contribution < -0.4 is 5.32 Å². The van der Waals surface area contributed by atoms with Gasteiger partial charge in [-0.1, -0.05) is 30.3 Å². The molecule has 2 N–H and O–H groups in total. The first kappa shape index (κ1) is 16.6. The molecule has 3 heterocycles. The molecule has 1 aliphatic rings. The fraction of sp³-hybridized carbons (Fsp3) is 0.300. The quantitative estimate of drug-likeness (QED) is 0.716. The van der Waals surface area contributed by atoms with Crippen molar-refractivity contribution in [1.82, 2.24) is 20.4 Å². The van der Waals surface area contributed by atoms with Crippen molar-refractivity contribution in [2.45, 2.75) is 18.9 Å². The molecular formula is C20H22N4O2. The Kier molecular flexibility index (Phi) is 4.84. The zero-order chi connectivity index (χ0) is 17.8. The molecule has 2 aromatic heterocycles. The monoisotopic (exact) mass is 350 g/mol. The highest BCUT2D eigenvalue weighted by Gasteiger charge is 2.26. The first-order valence-electron chi connectivity index (χ1n) is 8.97. The number of amides is 1. The molecule has 1 atom stereocenters. The highest BCUT2D eigenvalue weighted by Crippen LogP contribution is 2.25. The SMILES string of the molecule is O=C(NC[C@H](c1ccco1)N1CCCC1)c1cn[nH]c1-c1ccccc1. The van der Waals surface area contributed by atoms with Crippen molar-refractivity contribution >= 4 is 5.91 Å². The molecule has 0 aliphatic carbocycles. The van der Waals surface area contributed by atoms with Crippen molar-refractivity contribution in [3.63, 3.8) is 0 Å². The number of likely N-dealkylation sites (tertiary alicyclic amines) is 1. The minimum absolute atomic E-state index is 0.0588. The van der Waals surface area contributed by atoms with Crippen LogP contribution in [0.15, 0.2) is 59.3 Å². The summed E-state index contributed by atoms with van der Waals surface area (Å²) in [5.41, 5.74) is 2.23. The third kappa shape index (κ3) is 3.41. The van der Waals surface area contributed by atoms with Gasteiger partial charge in [-0.2, -0.15) is 5.10 Å². The molecule has 4 rings (SSSR count). The topological polar surface area (TPSA) is 74.2 Å². The number of benzene rings is 1. The number of aromatic amines is 1. The molecule has 0 unspecified atom stereocenters. The van der Waals surface area contributed by atoms with Gasteiger partial charge >= 0.3 is 0 Å². The summed E-state index contributed by atoms with van der Waals surface area (Å²) in [5, 5.41) is 10.1. The van der Waals surface area contributed by atoms with Gasteiger partial charge in [0.2, 0.25) is 0 Å². The van der Waals surface area contributed by atoms with Gasteiger partial charge < -0.3 is 9.73 Å². The second-order valence-corrected chi connectivity index (χ2v) is 6.51. The summed E-state index contributed by atoms with van der Waals surface area (Å²) in [5.74, 6) is 0.760. The Labute approximate surface area is 152 Å². The summed E-state index contributed by atoms with van der Waals surface area (Å²) in [7, 11) is 0. The van der Waals surface area contributed by atoms with Crippen molar-refractivity contribution in [3.05, 3.63) is 66.2 Å². The van der Waals surface area contributed by atoms with Crippen LogP contribution in [0.1, 0.15) is 35.0 Å². The lowest BCUT2D eigenvalue weighted by molar-refractivity contribution is 0.0934. The van der Waals surface area contributed by atoms with E-state index >= 15 is 0 Å². The Morgan fingerprint density at radius 1 is 1.19 bits per heavy atom. The van der Waals surface area contributed by atoms with E-state index in [1.165, 1.54) is 12.8 Å². The van der Waals surface area contributed by atoms with E-state index in [2.05, 4.69) is 20.4 Å². The summed E-state index contributed by atoms with van der Waals surface area (Å²) in [6, 6.07) is 13.7. The van der Waals surface area contributed by atoms with Crippen LogP contribution >= 0.6 is 0 Å². The Morgan fingerprint density at radius 2 is 2.00 bits per heavy atom. The number of hydrogen-bond acceptors (Lipinski definition) is 4. The highest BCUT2D eigenvalue weighted by atomic mass is 16.3. The van der Waals surface area contributed by atoms with Crippen molar-refractivity contribution in [2.24, 2.45) is 0 Å². The molecule has 1 saturated heterocycles. The number of aromatic nitrogens is 2. The maximum absolute atomic E-state index is 12.8. The average Bonchev–Trinajstić information content (AvgIpc) is 3.44. The first-order chi connectivity index (χ1) is 12.8. The third-order valence-corrected chi connectivity index (χ3v) is 4.86. The lowest BCUT2D eigenvalue weighted by atomic mass is 10.1. The number of nitrogens with one attached hydrogen (secondary N) is 2. The van der Waals surface area contributed by atoms with E-state index in [0.29, 0.717) is 12.1 Å². The van der Waals surface area contributed by atoms with Crippen LogP contribution in [0.5, 0.6) is 0 Å². The van der Waals surface area contributed by atoms with E-state index in [0.717, 1.165) is 30.1 Å². The lowest BCUT2D eigenvalue weighted by Crippen LogP contribution is -2.36. The lowest BCUT2D eigenvalue weighted by Gasteiger charge is -2.26. The van der Waals surface area contributed by atoms with Crippen LogP contribution in [0.4, 0.5) is 0 Å². The van der Waals surface area contributed by atoms with E-state index in [9.17, 15) is 4.79 Å². The number of nitrogens with zero attached hydrogens (tertiary/aromatic N) is 2. The molecular weight excluding hydrogens is 328 g/mol. The van der Waals surface area contributed by atoms with E-state index in [-0.39, 0.29) is 11.9 Å². The summed E-state index contributed by atoms with van der Waals surface area (Å²) >= 11 is 0. The second-order valence-electron chi connectivity index (χ2n) is 6.51. The van der Waals surface area contributed by atoms with Gasteiger partial charge in [-0.25, -0.2) is 0 Å². The Balaban J connectivity index is 1.49. The van der Waals surface area contributed by atoms with E-state index in [1.54, 1.807) is 12.5 Å². The van der Waals surface area contributed by atoms with Crippen molar-refractivity contribution in [1.29, 1.82) is 0 Å². The minimum atomic E-state index is -0.131. The van der Waals surface area contributed by atoms with Gasteiger partial charge in [0.25, 0.3) is 5.91 Å². The number of furan rings is 1.